The van der Waals surface area contributed by atoms with Crippen LogP contribution >= 0.6 is 15.9 Å². The maximum atomic E-state index is 13.4. The lowest BCUT2D eigenvalue weighted by atomic mass is 10.3. The molecule has 0 bridgehead atoms. The molecule has 0 aliphatic rings. The second kappa shape index (κ2) is 4.67. The average molecular weight is 300 g/mol. The van der Waals surface area contributed by atoms with Crippen molar-refractivity contribution >= 4 is 33.3 Å². The van der Waals surface area contributed by atoms with Gasteiger partial charge in [0.05, 0.1) is 0 Å². The Labute approximate surface area is 105 Å². The number of benzene rings is 1. The molecule has 0 radical (unpaired) electrons. The highest BCUT2D eigenvalue weighted by molar-refractivity contribution is 9.10. The Balaban J connectivity index is 2.33. The van der Waals surface area contributed by atoms with E-state index >= 15 is 0 Å². The van der Waals surface area contributed by atoms with Crippen molar-refractivity contribution in [3.05, 3.63) is 46.4 Å². The van der Waals surface area contributed by atoms with Gasteiger partial charge in [-0.25, -0.2) is 13.8 Å². The number of rotatable bonds is 2. The fourth-order valence-electron chi connectivity index (χ4n) is 1.27. The Morgan fingerprint density at radius 3 is 2.65 bits per heavy atom. The van der Waals surface area contributed by atoms with Crippen molar-refractivity contribution in [2.24, 2.45) is 0 Å². The van der Waals surface area contributed by atoms with Crippen LogP contribution in [0, 0.1) is 11.6 Å². The van der Waals surface area contributed by atoms with Crippen molar-refractivity contribution in [1.29, 1.82) is 0 Å². The molecule has 3 N–H and O–H groups in total. The van der Waals surface area contributed by atoms with E-state index < -0.39 is 11.6 Å². The Hall–Kier alpha value is -1.69. The molecular formula is C11H8BrF2N3. The molecule has 0 aliphatic heterocycles. The minimum Gasteiger partial charge on any atom is -0.381 e. The Bertz CT molecular complexity index is 560. The van der Waals surface area contributed by atoms with E-state index in [-0.39, 0.29) is 11.6 Å². The molecule has 0 unspecified atom stereocenters. The van der Waals surface area contributed by atoms with Crippen LogP contribution in [0.4, 0.5) is 26.1 Å². The lowest BCUT2D eigenvalue weighted by Gasteiger charge is -2.08. The van der Waals surface area contributed by atoms with Crippen molar-refractivity contribution < 1.29 is 8.78 Å². The standard InChI is InChI=1S/C11H8BrF2N3/c12-6-2-1-3-7(4-6)16-11-9(14)5-8(13)10(15)17-11/h1-5H,(H3,15,16,17). The summed E-state index contributed by atoms with van der Waals surface area (Å²) in [6.45, 7) is 0. The topological polar surface area (TPSA) is 50.9 Å². The molecule has 0 atom stereocenters. The number of nitrogens with one attached hydrogen (secondary N) is 1. The van der Waals surface area contributed by atoms with Gasteiger partial charge in [-0.05, 0) is 18.2 Å². The number of anilines is 3. The van der Waals surface area contributed by atoms with Crippen molar-refractivity contribution in [3.8, 4) is 0 Å². The molecular weight excluding hydrogens is 292 g/mol. The summed E-state index contributed by atoms with van der Waals surface area (Å²) in [4.78, 5) is 3.60. The zero-order valence-electron chi connectivity index (χ0n) is 8.55. The summed E-state index contributed by atoms with van der Waals surface area (Å²) in [5.41, 5.74) is 5.89. The van der Waals surface area contributed by atoms with Crippen LogP contribution in [-0.4, -0.2) is 4.98 Å². The van der Waals surface area contributed by atoms with E-state index in [1.807, 2.05) is 6.07 Å². The summed E-state index contributed by atoms with van der Waals surface area (Å²) in [5, 5.41) is 2.72. The van der Waals surface area contributed by atoms with Crippen LogP contribution in [0.15, 0.2) is 34.8 Å². The van der Waals surface area contributed by atoms with Crippen LogP contribution in [0.25, 0.3) is 0 Å². The number of nitrogens with zero attached hydrogens (tertiary/aromatic N) is 1. The van der Waals surface area contributed by atoms with Crippen LogP contribution in [0.5, 0.6) is 0 Å². The number of hydrogen-bond donors (Lipinski definition) is 2. The summed E-state index contributed by atoms with van der Waals surface area (Å²) in [7, 11) is 0. The Morgan fingerprint density at radius 1 is 1.18 bits per heavy atom. The first-order valence-corrected chi connectivity index (χ1v) is 5.49. The molecule has 0 spiro atoms. The lowest BCUT2D eigenvalue weighted by molar-refractivity contribution is 0.581. The van der Waals surface area contributed by atoms with Gasteiger partial charge in [0.1, 0.15) is 0 Å². The molecule has 1 heterocycles. The van der Waals surface area contributed by atoms with Gasteiger partial charge in [0.2, 0.25) is 0 Å². The summed E-state index contributed by atoms with van der Waals surface area (Å²) in [6, 6.07) is 7.76. The normalized spacial score (nSPS) is 10.3. The van der Waals surface area contributed by atoms with Crippen molar-refractivity contribution in [2.75, 3.05) is 11.1 Å². The summed E-state index contributed by atoms with van der Waals surface area (Å²) < 4.78 is 27.1. The van der Waals surface area contributed by atoms with E-state index in [1.54, 1.807) is 18.2 Å². The van der Waals surface area contributed by atoms with Crippen LogP contribution in [0.1, 0.15) is 0 Å². The highest BCUT2D eigenvalue weighted by Crippen LogP contribution is 2.23. The zero-order valence-corrected chi connectivity index (χ0v) is 10.1. The molecule has 0 amide bonds. The van der Waals surface area contributed by atoms with Crippen molar-refractivity contribution in [3.63, 3.8) is 0 Å². The fourth-order valence-corrected chi connectivity index (χ4v) is 1.67. The average Bonchev–Trinajstić information content (AvgIpc) is 2.26. The number of aromatic nitrogens is 1. The Morgan fingerprint density at radius 2 is 1.94 bits per heavy atom. The predicted molar refractivity (Wildman–Crippen MR) is 66.0 cm³/mol. The summed E-state index contributed by atoms with van der Waals surface area (Å²) in [5.74, 6) is -2.12. The van der Waals surface area contributed by atoms with E-state index in [1.165, 1.54) is 0 Å². The largest absolute Gasteiger partial charge is 0.381 e. The molecule has 6 heteroatoms. The second-order valence-electron chi connectivity index (χ2n) is 3.32. The molecule has 2 aromatic rings. The Kier molecular flexibility index (Phi) is 3.23. The first-order chi connectivity index (χ1) is 8.06. The molecule has 88 valence electrons. The summed E-state index contributed by atoms with van der Waals surface area (Å²) in [6.07, 6.45) is 0. The van der Waals surface area contributed by atoms with Gasteiger partial charge in [0.25, 0.3) is 0 Å². The molecule has 2 rings (SSSR count). The summed E-state index contributed by atoms with van der Waals surface area (Å²) >= 11 is 3.28. The predicted octanol–water partition coefficient (Wildman–Crippen LogP) is 3.45. The van der Waals surface area contributed by atoms with E-state index in [4.69, 9.17) is 5.73 Å². The third-order valence-electron chi connectivity index (χ3n) is 2.04. The second-order valence-corrected chi connectivity index (χ2v) is 4.24. The maximum Gasteiger partial charge on any atom is 0.169 e. The van der Waals surface area contributed by atoms with Crippen LogP contribution in [0.2, 0.25) is 0 Å². The molecule has 0 fully saturated rings. The van der Waals surface area contributed by atoms with E-state index in [9.17, 15) is 8.78 Å². The number of nitrogen functional groups attached to an aromatic ring is 1. The minimum atomic E-state index is -0.873. The quantitative estimate of drug-likeness (QED) is 0.893. The monoisotopic (exact) mass is 299 g/mol. The SMILES string of the molecule is Nc1nc(Nc2cccc(Br)c2)c(F)cc1F. The third-order valence-corrected chi connectivity index (χ3v) is 2.54. The first kappa shape index (κ1) is 11.8. The van der Waals surface area contributed by atoms with Crippen LogP contribution < -0.4 is 11.1 Å². The van der Waals surface area contributed by atoms with Gasteiger partial charge in [-0.1, -0.05) is 22.0 Å². The van der Waals surface area contributed by atoms with Gasteiger partial charge >= 0.3 is 0 Å². The van der Waals surface area contributed by atoms with Crippen molar-refractivity contribution in [2.45, 2.75) is 0 Å². The van der Waals surface area contributed by atoms with E-state index in [0.29, 0.717) is 11.8 Å². The minimum absolute atomic E-state index is 0.109. The molecule has 1 aromatic heterocycles. The highest BCUT2D eigenvalue weighted by Gasteiger charge is 2.09. The van der Waals surface area contributed by atoms with Gasteiger partial charge in [-0.15, -0.1) is 0 Å². The third kappa shape index (κ3) is 2.71. The number of pyridine rings is 1. The van der Waals surface area contributed by atoms with E-state index in [2.05, 4.69) is 26.2 Å². The molecule has 1 aromatic carbocycles. The first-order valence-electron chi connectivity index (χ1n) is 4.70. The molecule has 0 saturated carbocycles. The number of hydrogen-bond acceptors (Lipinski definition) is 3. The van der Waals surface area contributed by atoms with Gasteiger partial charge < -0.3 is 11.1 Å². The lowest BCUT2D eigenvalue weighted by Crippen LogP contribution is -2.03. The maximum absolute atomic E-state index is 13.4. The number of nitrogens with two attached hydrogens (primary N) is 1. The van der Waals surface area contributed by atoms with E-state index in [0.717, 1.165) is 4.47 Å². The molecule has 3 nitrogen and oxygen atoms in total. The smallest absolute Gasteiger partial charge is 0.169 e. The highest BCUT2D eigenvalue weighted by atomic mass is 79.9. The van der Waals surface area contributed by atoms with Gasteiger partial charge in [-0.3, -0.25) is 0 Å². The molecule has 0 aliphatic carbocycles. The van der Waals surface area contributed by atoms with Gasteiger partial charge in [0.15, 0.2) is 23.3 Å². The fraction of sp³-hybridized carbons (Fsp3) is 0. The van der Waals surface area contributed by atoms with Gasteiger partial charge in [0, 0.05) is 16.2 Å². The molecule has 0 saturated heterocycles. The van der Waals surface area contributed by atoms with Crippen molar-refractivity contribution in [1.82, 2.24) is 4.98 Å². The van der Waals surface area contributed by atoms with Crippen LogP contribution in [0.3, 0.4) is 0 Å². The molecule has 17 heavy (non-hydrogen) atoms. The number of halogens is 3. The van der Waals surface area contributed by atoms with Crippen LogP contribution in [-0.2, 0) is 0 Å². The zero-order chi connectivity index (χ0) is 12.4. The van der Waals surface area contributed by atoms with Gasteiger partial charge in [-0.2, -0.15) is 0 Å².